The molecule has 2 aromatic rings. The predicted octanol–water partition coefficient (Wildman–Crippen LogP) is 2.88. The van der Waals surface area contributed by atoms with Gasteiger partial charge < -0.3 is 9.47 Å². The van der Waals surface area contributed by atoms with Crippen LogP contribution in [0.3, 0.4) is 0 Å². The normalized spacial score (nSPS) is 17.6. The third kappa shape index (κ3) is 2.83. The number of aryl methyl sites for hydroxylation is 2. The second-order valence-corrected chi connectivity index (χ2v) is 6.33. The van der Waals surface area contributed by atoms with Crippen LogP contribution < -0.4 is 4.90 Å². The maximum absolute atomic E-state index is 12.6. The van der Waals surface area contributed by atoms with E-state index in [2.05, 4.69) is 18.0 Å². The molecule has 0 saturated carbocycles. The van der Waals surface area contributed by atoms with Crippen molar-refractivity contribution in [2.45, 2.75) is 31.0 Å². The van der Waals surface area contributed by atoms with E-state index in [1.165, 1.54) is 17.3 Å². The minimum absolute atomic E-state index is 0.155. The van der Waals surface area contributed by atoms with Gasteiger partial charge in [0.05, 0.1) is 5.75 Å². The molecule has 110 valence electrons. The van der Waals surface area contributed by atoms with Crippen LogP contribution in [-0.2, 0) is 18.3 Å². The highest BCUT2D eigenvalue weighted by Gasteiger charge is 2.27. The van der Waals surface area contributed by atoms with E-state index in [-0.39, 0.29) is 11.9 Å². The highest BCUT2D eigenvalue weighted by molar-refractivity contribution is 7.99. The molecule has 0 bridgehead atoms. The standard InChI is InChI=1S/C16H19N3OS/c1-12-7-8-13-5-3-4-6-14(13)19(12)15(20)11-21-16-17-9-10-18(16)2/h3-6,9-10,12H,7-8,11H2,1-2H3. The van der Waals surface area contributed by atoms with Crippen molar-refractivity contribution in [1.82, 2.24) is 9.55 Å². The molecule has 1 amide bonds. The SMILES string of the molecule is CC1CCc2ccccc2N1C(=O)CSc1nccn1C. The lowest BCUT2D eigenvalue weighted by Gasteiger charge is -2.35. The van der Waals surface area contributed by atoms with E-state index in [0.717, 1.165) is 23.7 Å². The summed E-state index contributed by atoms with van der Waals surface area (Å²) < 4.78 is 1.94. The van der Waals surface area contributed by atoms with Gasteiger partial charge in [0.1, 0.15) is 0 Å². The summed E-state index contributed by atoms with van der Waals surface area (Å²) in [5.74, 6) is 0.575. The van der Waals surface area contributed by atoms with Gasteiger partial charge in [-0.3, -0.25) is 4.79 Å². The summed E-state index contributed by atoms with van der Waals surface area (Å²) in [7, 11) is 1.94. The Morgan fingerprint density at radius 2 is 2.24 bits per heavy atom. The molecule has 0 aliphatic carbocycles. The number of thioether (sulfide) groups is 1. The molecule has 3 rings (SSSR count). The molecule has 0 radical (unpaired) electrons. The number of rotatable bonds is 3. The van der Waals surface area contributed by atoms with E-state index < -0.39 is 0 Å². The predicted molar refractivity (Wildman–Crippen MR) is 85.6 cm³/mol. The zero-order valence-electron chi connectivity index (χ0n) is 12.3. The number of aromatic nitrogens is 2. The summed E-state index contributed by atoms with van der Waals surface area (Å²) >= 11 is 1.49. The lowest BCUT2D eigenvalue weighted by molar-refractivity contribution is -0.116. The Labute approximate surface area is 129 Å². The maximum atomic E-state index is 12.6. The van der Waals surface area contributed by atoms with E-state index in [9.17, 15) is 4.79 Å². The molecule has 1 atom stereocenters. The summed E-state index contributed by atoms with van der Waals surface area (Å²) in [6.07, 6.45) is 5.72. The van der Waals surface area contributed by atoms with Crippen molar-refractivity contribution in [1.29, 1.82) is 0 Å². The molecule has 5 heteroatoms. The molecule has 21 heavy (non-hydrogen) atoms. The number of carbonyl (C=O) groups is 1. The average Bonchev–Trinajstić information content (AvgIpc) is 2.90. The number of amides is 1. The minimum atomic E-state index is 0.155. The van der Waals surface area contributed by atoms with Crippen LogP contribution in [0.4, 0.5) is 5.69 Å². The lowest BCUT2D eigenvalue weighted by atomic mass is 9.97. The number of carbonyl (C=O) groups excluding carboxylic acids is 1. The number of hydrogen-bond donors (Lipinski definition) is 0. The molecule has 0 fully saturated rings. The molecule has 0 spiro atoms. The zero-order chi connectivity index (χ0) is 14.8. The highest BCUT2D eigenvalue weighted by Crippen LogP contribution is 2.31. The summed E-state index contributed by atoms with van der Waals surface area (Å²) in [6.45, 7) is 2.12. The Balaban J connectivity index is 1.76. The Hall–Kier alpha value is -1.75. The molecular weight excluding hydrogens is 282 g/mol. The van der Waals surface area contributed by atoms with Crippen molar-refractivity contribution >= 4 is 23.4 Å². The third-order valence-electron chi connectivity index (χ3n) is 3.89. The summed E-state index contributed by atoms with van der Waals surface area (Å²) in [5, 5.41) is 0.876. The second-order valence-electron chi connectivity index (χ2n) is 5.39. The smallest absolute Gasteiger partial charge is 0.237 e. The van der Waals surface area contributed by atoms with Crippen molar-refractivity contribution in [2.24, 2.45) is 7.05 Å². The quantitative estimate of drug-likeness (QED) is 0.818. The number of anilines is 1. The van der Waals surface area contributed by atoms with Gasteiger partial charge in [-0.2, -0.15) is 0 Å². The first-order chi connectivity index (χ1) is 10.2. The number of para-hydroxylation sites is 1. The molecule has 1 aromatic carbocycles. The van der Waals surface area contributed by atoms with E-state index in [4.69, 9.17) is 0 Å². The van der Waals surface area contributed by atoms with Crippen LogP contribution in [0.2, 0.25) is 0 Å². The highest BCUT2D eigenvalue weighted by atomic mass is 32.2. The van der Waals surface area contributed by atoms with E-state index in [0.29, 0.717) is 5.75 Å². The number of benzene rings is 1. The van der Waals surface area contributed by atoms with Gasteiger partial charge in [-0.15, -0.1) is 0 Å². The Bertz CT molecular complexity index is 652. The van der Waals surface area contributed by atoms with Crippen LogP contribution >= 0.6 is 11.8 Å². The lowest BCUT2D eigenvalue weighted by Crippen LogP contribution is -2.43. The molecule has 1 aromatic heterocycles. The Morgan fingerprint density at radius 3 is 3.00 bits per heavy atom. The van der Waals surface area contributed by atoms with Crippen LogP contribution in [0.5, 0.6) is 0 Å². The second kappa shape index (κ2) is 5.93. The van der Waals surface area contributed by atoms with Crippen LogP contribution in [0.15, 0.2) is 41.8 Å². The molecule has 0 N–H and O–H groups in total. The van der Waals surface area contributed by atoms with Gasteiger partial charge in [-0.1, -0.05) is 30.0 Å². The number of fused-ring (bicyclic) bond motifs is 1. The zero-order valence-corrected chi connectivity index (χ0v) is 13.1. The average molecular weight is 301 g/mol. The van der Waals surface area contributed by atoms with Gasteiger partial charge in [-0.25, -0.2) is 4.98 Å². The number of imidazole rings is 1. The maximum Gasteiger partial charge on any atom is 0.237 e. The first-order valence-corrected chi connectivity index (χ1v) is 8.15. The fraction of sp³-hybridized carbons (Fsp3) is 0.375. The summed E-state index contributed by atoms with van der Waals surface area (Å²) in [5.41, 5.74) is 2.34. The van der Waals surface area contributed by atoms with Crippen LogP contribution in [0.1, 0.15) is 18.9 Å². The topological polar surface area (TPSA) is 38.1 Å². The van der Waals surface area contributed by atoms with Gasteiger partial charge in [0.25, 0.3) is 0 Å². The van der Waals surface area contributed by atoms with Gasteiger partial charge in [-0.05, 0) is 31.4 Å². The first-order valence-electron chi connectivity index (χ1n) is 7.17. The molecule has 4 nitrogen and oxygen atoms in total. The first kappa shape index (κ1) is 14.2. The van der Waals surface area contributed by atoms with Crippen LogP contribution in [0, 0.1) is 0 Å². The van der Waals surface area contributed by atoms with E-state index in [1.54, 1.807) is 6.20 Å². The third-order valence-corrected chi connectivity index (χ3v) is 4.94. The summed E-state index contributed by atoms with van der Waals surface area (Å²) in [4.78, 5) is 18.9. The van der Waals surface area contributed by atoms with Crippen molar-refractivity contribution in [3.05, 3.63) is 42.2 Å². The molecule has 2 heterocycles. The molecular formula is C16H19N3OS. The van der Waals surface area contributed by atoms with Crippen molar-refractivity contribution in [2.75, 3.05) is 10.7 Å². The number of hydrogen-bond acceptors (Lipinski definition) is 3. The van der Waals surface area contributed by atoms with Crippen molar-refractivity contribution in [3.8, 4) is 0 Å². The molecule has 1 aliphatic heterocycles. The molecule has 1 unspecified atom stereocenters. The Morgan fingerprint density at radius 1 is 1.43 bits per heavy atom. The monoisotopic (exact) mass is 301 g/mol. The fourth-order valence-corrected chi connectivity index (χ4v) is 3.55. The van der Waals surface area contributed by atoms with Gasteiger partial charge in [0, 0.05) is 31.2 Å². The van der Waals surface area contributed by atoms with Crippen LogP contribution in [0.25, 0.3) is 0 Å². The Kier molecular flexibility index (Phi) is 4.01. The molecule has 0 saturated heterocycles. The fourth-order valence-electron chi connectivity index (χ4n) is 2.76. The van der Waals surface area contributed by atoms with Crippen molar-refractivity contribution in [3.63, 3.8) is 0 Å². The molecule has 1 aliphatic rings. The van der Waals surface area contributed by atoms with Gasteiger partial charge in [0.2, 0.25) is 5.91 Å². The number of nitrogens with zero attached hydrogens (tertiary/aromatic N) is 3. The van der Waals surface area contributed by atoms with Gasteiger partial charge in [0.15, 0.2) is 5.16 Å². The van der Waals surface area contributed by atoms with Gasteiger partial charge >= 0.3 is 0 Å². The van der Waals surface area contributed by atoms with E-state index in [1.807, 2.05) is 40.9 Å². The largest absolute Gasteiger partial charge is 0.329 e. The van der Waals surface area contributed by atoms with Crippen LogP contribution in [-0.4, -0.2) is 27.3 Å². The van der Waals surface area contributed by atoms with Crippen molar-refractivity contribution < 1.29 is 4.79 Å². The van der Waals surface area contributed by atoms with E-state index >= 15 is 0 Å². The summed E-state index contributed by atoms with van der Waals surface area (Å²) in [6, 6.07) is 8.47. The minimum Gasteiger partial charge on any atom is -0.329 e.